The first-order chi connectivity index (χ1) is 12.6. The van der Waals surface area contributed by atoms with Gasteiger partial charge in [-0.25, -0.2) is 0 Å². The molecular formula is C20H28N2O4. The topological polar surface area (TPSA) is 76.7 Å². The monoisotopic (exact) mass is 360 g/mol. The summed E-state index contributed by atoms with van der Waals surface area (Å²) in [6.45, 7) is 0.628. The van der Waals surface area contributed by atoms with Crippen LogP contribution in [0.2, 0.25) is 0 Å². The zero-order valence-electron chi connectivity index (χ0n) is 15.5. The van der Waals surface area contributed by atoms with Crippen molar-refractivity contribution < 1.29 is 19.1 Å². The molecule has 1 aromatic carbocycles. The summed E-state index contributed by atoms with van der Waals surface area (Å²) in [5.41, 5.74) is 0.961. The molecule has 1 aromatic rings. The highest BCUT2D eigenvalue weighted by atomic mass is 16.5. The second-order valence-electron chi connectivity index (χ2n) is 7.36. The normalized spacial score (nSPS) is 28.0. The fraction of sp³-hybridized carbons (Fsp3) is 0.600. The van der Waals surface area contributed by atoms with Gasteiger partial charge in [0.2, 0.25) is 11.8 Å². The highest BCUT2D eigenvalue weighted by Crippen LogP contribution is 2.35. The zero-order chi connectivity index (χ0) is 18.5. The maximum absolute atomic E-state index is 12.4. The van der Waals surface area contributed by atoms with E-state index in [1.807, 2.05) is 24.3 Å². The van der Waals surface area contributed by atoms with Crippen LogP contribution in [0.3, 0.4) is 0 Å². The smallest absolute Gasteiger partial charge is 0.224 e. The van der Waals surface area contributed by atoms with E-state index in [4.69, 9.17) is 9.47 Å². The van der Waals surface area contributed by atoms with E-state index in [0.717, 1.165) is 30.6 Å². The van der Waals surface area contributed by atoms with Crippen molar-refractivity contribution in [3.63, 3.8) is 0 Å². The number of amides is 2. The average Bonchev–Trinajstić information content (AvgIpc) is 2.62. The maximum Gasteiger partial charge on any atom is 0.224 e. The van der Waals surface area contributed by atoms with Gasteiger partial charge in [0.25, 0.3) is 0 Å². The van der Waals surface area contributed by atoms with Crippen LogP contribution in [-0.2, 0) is 20.7 Å². The van der Waals surface area contributed by atoms with Crippen LogP contribution in [-0.4, -0.2) is 44.7 Å². The average molecular weight is 360 g/mol. The van der Waals surface area contributed by atoms with Gasteiger partial charge in [0.05, 0.1) is 13.5 Å². The van der Waals surface area contributed by atoms with E-state index in [9.17, 15) is 9.59 Å². The number of carbonyl (C=O) groups is 2. The van der Waals surface area contributed by atoms with Crippen LogP contribution in [0.5, 0.6) is 5.75 Å². The Morgan fingerprint density at radius 1 is 1.23 bits per heavy atom. The molecule has 6 nitrogen and oxygen atoms in total. The molecule has 0 radical (unpaired) electrons. The molecule has 1 aliphatic heterocycles. The molecule has 0 bridgehead atoms. The minimum atomic E-state index is 0.0224. The third-order valence-corrected chi connectivity index (χ3v) is 5.57. The highest BCUT2D eigenvalue weighted by Gasteiger charge is 2.40. The first-order valence-corrected chi connectivity index (χ1v) is 9.29. The first-order valence-electron chi connectivity index (χ1n) is 9.29. The lowest BCUT2D eigenvalue weighted by Crippen LogP contribution is -2.56. The molecule has 4 unspecified atom stereocenters. The van der Waals surface area contributed by atoms with E-state index in [-0.39, 0.29) is 29.8 Å². The Balaban J connectivity index is 1.53. The number of rotatable bonds is 6. The van der Waals surface area contributed by atoms with Crippen LogP contribution in [0, 0.1) is 11.8 Å². The molecule has 2 fully saturated rings. The molecule has 26 heavy (non-hydrogen) atoms. The molecule has 2 amide bonds. The molecule has 1 heterocycles. The largest absolute Gasteiger partial charge is 0.497 e. The standard InChI is InChI=1S/C20H28N2O4/c1-25-12-14-10-20(24)22-18-11-15(5-8-17(14)18)21-19(23)9-13-3-6-16(26-2)7-4-13/h3-4,6-7,14-15,17-18H,5,8-12H2,1-2H3,(H,21,23)(H,22,24). The van der Waals surface area contributed by atoms with Crippen molar-refractivity contribution in [1.29, 1.82) is 0 Å². The van der Waals surface area contributed by atoms with Gasteiger partial charge in [-0.1, -0.05) is 12.1 Å². The summed E-state index contributed by atoms with van der Waals surface area (Å²) in [6, 6.07) is 7.79. The number of methoxy groups -OCH3 is 2. The number of nitrogens with one attached hydrogen (secondary N) is 2. The number of ether oxygens (including phenoxy) is 2. The van der Waals surface area contributed by atoms with Gasteiger partial charge in [-0.05, 0) is 48.8 Å². The van der Waals surface area contributed by atoms with E-state index >= 15 is 0 Å². The SMILES string of the molecule is COCC1CC(=O)NC2CC(NC(=O)Cc3ccc(OC)cc3)CCC12. The van der Waals surface area contributed by atoms with Crippen LogP contribution in [0.4, 0.5) is 0 Å². The van der Waals surface area contributed by atoms with Crippen LogP contribution < -0.4 is 15.4 Å². The molecule has 6 heteroatoms. The molecular weight excluding hydrogens is 332 g/mol. The lowest BCUT2D eigenvalue weighted by atomic mass is 9.71. The molecule has 1 saturated heterocycles. The summed E-state index contributed by atoms with van der Waals surface area (Å²) < 4.78 is 10.4. The Morgan fingerprint density at radius 2 is 2.00 bits per heavy atom. The van der Waals surface area contributed by atoms with Gasteiger partial charge in [0.15, 0.2) is 0 Å². The van der Waals surface area contributed by atoms with Gasteiger partial charge in [-0.15, -0.1) is 0 Å². The fourth-order valence-corrected chi connectivity index (χ4v) is 4.31. The van der Waals surface area contributed by atoms with Gasteiger partial charge < -0.3 is 20.1 Å². The van der Waals surface area contributed by atoms with E-state index < -0.39 is 0 Å². The summed E-state index contributed by atoms with van der Waals surface area (Å²) in [5.74, 6) is 1.64. The molecule has 142 valence electrons. The second-order valence-corrected chi connectivity index (χ2v) is 7.36. The summed E-state index contributed by atoms with van der Waals surface area (Å²) in [4.78, 5) is 24.3. The molecule has 3 rings (SSSR count). The van der Waals surface area contributed by atoms with Crippen LogP contribution in [0.1, 0.15) is 31.2 Å². The quantitative estimate of drug-likeness (QED) is 0.809. The number of fused-ring (bicyclic) bond motifs is 1. The van der Waals surface area contributed by atoms with Crippen molar-refractivity contribution in [1.82, 2.24) is 10.6 Å². The molecule has 1 saturated carbocycles. The van der Waals surface area contributed by atoms with E-state index in [1.165, 1.54) is 0 Å². The predicted molar refractivity (Wildman–Crippen MR) is 97.9 cm³/mol. The van der Waals surface area contributed by atoms with E-state index in [0.29, 0.717) is 25.4 Å². The molecule has 4 atom stereocenters. The highest BCUT2D eigenvalue weighted by molar-refractivity contribution is 5.79. The van der Waals surface area contributed by atoms with Gasteiger partial charge in [-0.2, -0.15) is 0 Å². The zero-order valence-corrected chi connectivity index (χ0v) is 15.5. The van der Waals surface area contributed by atoms with Crippen molar-refractivity contribution in [3.8, 4) is 5.75 Å². The van der Waals surface area contributed by atoms with E-state index in [1.54, 1.807) is 14.2 Å². The van der Waals surface area contributed by atoms with Gasteiger partial charge in [0, 0.05) is 32.2 Å². The molecule has 1 aliphatic carbocycles. The molecule has 2 N–H and O–H groups in total. The van der Waals surface area contributed by atoms with Crippen molar-refractivity contribution in [2.75, 3.05) is 20.8 Å². The number of hydrogen-bond donors (Lipinski definition) is 2. The minimum Gasteiger partial charge on any atom is -0.497 e. The Bertz CT molecular complexity index is 631. The van der Waals surface area contributed by atoms with Crippen LogP contribution in [0.25, 0.3) is 0 Å². The Labute approximate surface area is 154 Å². The number of piperidine rings is 1. The number of benzene rings is 1. The van der Waals surface area contributed by atoms with Gasteiger partial charge >= 0.3 is 0 Å². The van der Waals surface area contributed by atoms with Crippen molar-refractivity contribution >= 4 is 11.8 Å². The Hall–Kier alpha value is -2.08. The Kier molecular flexibility index (Phi) is 6.14. The first kappa shape index (κ1) is 18.7. The van der Waals surface area contributed by atoms with Crippen molar-refractivity contribution in [3.05, 3.63) is 29.8 Å². The summed E-state index contributed by atoms with van der Waals surface area (Å²) in [7, 11) is 3.31. The summed E-state index contributed by atoms with van der Waals surface area (Å²) in [5, 5.41) is 6.25. The molecule has 0 aromatic heterocycles. The van der Waals surface area contributed by atoms with E-state index in [2.05, 4.69) is 10.6 Å². The van der Waals surface area contributed by atoms with Crippen molar-refractivity contribution in [2.45, 2.75) is 44.2 Å². The lowest BCUT2D eigenvalue weighted by Gasteiger charge is -2.43. The third kappa shape index (κ3) is 4.55. The number of carbonyl (C=O) groups excluding carboxylic acids is 2. The van der Waals surface area contributed by atoms with Gasteiger partial charge in [0.1, 0.15) is 5.75 Å². The maximum atomic E-state index is 12.4. The minimum absolute atomic E-state index is 0.0224. The van der Waals surface area contributed by atoms with Crippen LogP contribution in [0.15, 0.2) is 24.3 Å². The Morgan fingerprint density at radius 3 is 2.69 bits per heavy atom. The summed E-state index contributed by atoms with van der Waals surface area (Å²) >= 11 is 0. The second kappa shape index (κ2) is 8.54. The molecule has 0 spiro atoms. The third-order valence-electron chi connectivity index (χ3n) is 5.57. The van der Waals surface area contributed by atoms with Gasteiger partial charge in [-0.3, -0.25) is 9.59 Å². The fourth-order valence-electron chi connectivity index (χ4n) is 4.31. The van der Waals surface area contributed by atoms with Crippen molar-refractivity contribution in [2.24, 2.45) is 11.8 Å². The lowest BCUT2D eigenvalue weighted by molar-refractivity contribution is -0.128. The van der Waals surface area contributed by atoms with Crippen LogP contribution >= 0.6 is 0 Å². The number of hydrogen-bond acceptors (Lipinski definition) is 4. The predicted octanol–water partition coefficient (Wildman–Crippen LogP) is 1.67. The summed E-state index contributed by atoms with van der Waals surface area (Å²) in [6.07, 6.45) is 3.65. The molecule has 2 aliphatic rings.